The molecular formula is C12H14F3N. The molecule has 1 N–H and O–H groups in total. The molecule has 0 bridgehead atoms. The van der Waals surface area contributed by atoms with E-state index in [0.717, 1.165) is 0 Å². The largest absolute Gasteiger partial charge is 0.317 e. The summed E-state index contributed by atoms with van der Waals surface area (Å²) in [5, 5.41) is 3.07. The molecule has 1 heterocycles. The highest BCUT2D eigenvalue weighted by Crippen LogP contribution is 2.39. The Hall–Kier alpha value is -1.03. The highest BCUT2D eigenvalue weighted by Gasteiger charge is 2.42. The second-order valence-electron chi connectivity index (χ2n) is 4.21. The van der Waals surface area contributed by atoms with Gasteiger partial charge >= 0.3 is 0 Å². The average Bonchev–Trinajstić information content (AvgIpc) is 2.30. The predicted molar refractivity (Wildman–Crippen MR) is 56.2 cm³/mol. The highest BCUT2D eigenvalue weighted by atomic mass is 19.3. The molecule has 0 unspecified atom stereocenters. The van der Waals surface area contributed by atoms with E-state index in [-0.39, 0.29) is 5.82 Å². The summed E-state index contributed by atoms with van der Waals surface area (Å²) in [5.41, 5.74) is -0.552. The molecule has 0 radical (unpaired) electrons. The molecule has 1 aromatic carbocycles. The van der Waals surface area contributed by atoms with Crippen LogP contribution in [0.25, 0.3) is 0 Å². The zero-order chi connectivity index (χ0) is 11.6. The van der Waals surface area contributed by atoms with E-state index in [9.17, 15) is 13.2 Å². The van der Waals surface area contributed by atoms with E-state index in [1.807, 2.05) is 0 Å². The first-order valence-electron chi connectivity index (χ1n) is 5.40. The van der Waals surface area contributed by atoms with Crippen LogP contribution in [-0.4, -0.2) is 19.5 Å². The molecule has 16 heavy (non-hydrogen) atoms. The van der Waals surface area contributed by atoms with Gasteiger partial charge in [0.2, 0.25) is 6.43 Å². The molecule has 1 nitrogen and oxygen atoms in total. The van der Waals surface area contributed by atoms with Crippen LogP contribution in [0.3, 0.4) is 0 Å². The predicted octanol–water partition coefficient (Wildman–Crippen LogP) is 2.71. The van der Waals surface area contributed by atoms with Gasteiger partial charge in [-0.2, -0.15) is 0 Å². The van der Waals surface area contributed by atoms with Crippen molar-refractivity contribution in [3.8, 4) is 0 Å². The Morgan fingerprint density at radius 3 is 2.12 bits per heavy atom. The van der Waals surface area contributed by atoms with Crippen molar-refractivity contribution in [1.29, 1.82) is 0 Å². The monoisotopic (exact) mass is 229 g/mol. The van der Waals surface area contributed by atoms with Crippen molar-refractivity contribution in [2.24, 2.45) is 0 Å². The molecule has 2 rings (SSSR count). The summed E-state index contributed by atoms with van der Waals surface area (Å²) in [5.74, 6) is -0.387. The van der Waals surface area contributed by atoms with Crippen molar-refractivity contribution in [2.45, 2.75) is 24.7 Å². The van der Waals surface area contributed by atoms with Crippen LogP contribution >= 0.6 is 0 Å². The summed E-state index contributed by atoms with van der Waals surface area (Å²) in [7, 11) is 0. The van der Waals surface area contributed by atoms with Crippen LogP contribution in [0.4, 0.5) is 13.2 Å². The fraction of sp³-hybridized carbons (Fsp3) is 0.500. The summed E-state index contributed by atoms with van der Waals surface area (Å²) >= 11 is 0. The SMILES string of the molecule is Fc1ccc(C2(C(F)F)CCNCC2)cc1. The van der Waals surface area contributed by atoms with Gasteiger partial charge in [-0.25, -0.2) is 13.2 Å². The molecule has 1 aromatic rings. The lowest BCUT2D eigenvalue weighted by atomic mass is 9.73. The van der Waals surface area contributed by atoms with Crippen molar-refractivity contribution < 1.29 is 13.2 Å². The van der Waals surface area contributed by atoms with E-state index < -0.39 is 11.8 Å². The Labute approximate surface area is 92.7 Å². The third kappa shape index (κ3) is 1.94. The standard InChI is InChI=1S/C12H14F3N/c13-10-3-1-9(2-4-10)12(11(14)15)5-7-16-8-6-12/h1-4,11,16H,5-8H2. The average molecular weight is 229 g/mol. The Kier molecular flexibility index (Phi) is 3.19. The lowest BCUT2D eigenvalue weighted by Gasteiger charge is -2.37. The third-order valence-corrected chi connectivity index (χ3v) is 3.33. The van der Waals surface area contributed by atoms with Crippen molar-refractivity contribution in [2.75, 3.05) is 13.1 Å². The van der Waals surface area contributed by atoms with Crippen molar-refractivity contribution >= 4 is 0 Å². The van der Waals surface area contributed by atoms with Crippen LogP contribution in [0, 0.1) is 5.82 Å². The van der Waals surface area contributed by atoms with E-state index in [1.165, 1.54) is 24.3 Å². The summed E-state index contributed by atoms with van der Waals surface area (Å²) in [6, 6.07) is 5.46. The Bertz CT molecular complexity index is 342. The molecule has 0 amide bonds. The van der Waals surface area contributed by atoms with E-state index in [4.69, 9.17) is 0 Å². The Balaban J connectivity index is 2.34. The molecule has 0 saturated carbocycles. The molecular weight excluding hydrogens is 215 g/mol. The number of nitrogens with one attached hydrogen (secondary N) is 1. The van der Waals surface area contributed by atoms with Gasteiger partial charge in [0, 0.05) is 0 Å². The van der Waals surface area contributed by atoms with Gasteiger partial charge in [-0.3, -0.25) is 0 Å². The molecule has 1 fully saturated rings. The lowest BCUT2D eigenvalue weighted by Crippen LogP contribution is -2.44. The second kappa shape index (κ2) is 4.45. The van der Waals surface area contributed by atoms with Gasteiger partial charge in [-0.15, -0.1) is 0 Å². The smallest absolute Gasteiger partial charge is 0.248 e. The molecule has 1 aliphatic rings. The summed E-state index contributed by atoms with van der Waals surface area (Å²) in [4.78, 5) is 0. The Morgan fingerprint density at radius 1 is 1.06 bits per heavy atom. The number of rotatable bonds is 2. The van der Waals surface area contributed by atoms with E-state index in [0.29, 0.717) is 31.5 Å². The second-order valence-corrected chi connectivity index (χ2v) is 4.21. The number of alkyl halides is 2. The highest BCUT2D eigenvalue weighted by molar-refractivity contribution is 5.27. The zero-order valence-electron chi connectivity index (χ0n) is 8.85. The third-order valence-electron chi connectivity index (χ3n) is 3.33. The van der Waals surface area contributed by atoms with Crippen LogP contribution < -0.4 is 5.32 Å². The van der Waals surface area contributed by atoms with Crippen LogP contribution in [0.1, 0.15) is 18.4 Å². The van der Waals surface area contributed by atoms with Gasteiger partial charge in [-0.1, -0.05) is 12.1 Å². The van der Waals surface area contributed by atoms with Crippen LogP contribution in [0.5, 0.6) is 0 Å². The molecule has 0 aromatic heterocycles. The summed E-state index contributed by atoms with van der Waals surface area (Å²) in [6.45, 7) is 1.17. The van der Waals surface area contributed by atoms with Crippen molar-refractivity contribution in [3.63, 3.8) is 0 Å². The maximum atomic E-state index is 13.2. The number of hydrogen-bond acceptors (Lipinski definition) is 1. The minimum absolute atomic E-state index is 0.387. The number of benzene rings is 1. The van der Waals surface area contributed by atoms with Gasteiger partial charge in [0.25, 0.3) is 0 Å². The van der Waals surface area contributed by atoms with Gasteiger partial charge in [-0.05, 0) is 43.6 Å². The van der Waals surface area contributed by atoms with Crippen molar-refractivity contribution in [1.82, 2.24) is 5.32 Å². The van der Waals surface area contributed by atoms with Gasteiger partial charge in [0.1, 0.15) is 5.82 Å². The molecule has 0 spiro atoms. The molecule has 88 valence electrons. The van der Waals surface area contributed by atoms with Crippen molar-refractivity contribution in [3.05, 3.63) is 35.6 Å². The zero-order valence-corrected chi connectivity index (χ0v) is 8.85. The lowest BCUT2D eigenvalue weighted by molar-refractivity contribution is 0.0295. The van der Waals surface area contributed by atoms with E-state index in [2.05, 4.69) is 5.32 Å². The van der Waals surface area contributed by atoms with Gasteiger partial charge < -0.3 is 5.32 Å². The number of piperidine rings is 1. The minimum atomic E-state index is -2.40. The van der Waals surface area contributed by atoms with Gasteiger partial charge in [0.05, 0.1) is 5.41 Å². The van der Waals surface area contributed by atoms with E-state index in [1.54, 1.807) is 0 Å². The normalized spacial score (nSPS) is 20.0. The minimum Gasteiger partial charge on any atom is -0.317 e. The summed E-state index contributed by atoms with van der Waals surface area (Å²) in [6.07, 6.45) is -1.60. The molecule has 1 saturated heterocycles. The number of halogens is 3. The molecule has 4 heteroatoms. The topological polar surface area (TPSA) is 12.0 Å². The fourth-order valence-corrected chi connectivity index (χ4v) is 2.29. The van der Waals surface area contributed by atoms with E-state index >= 15 is 0 Å². The molecule has 1 aliphatic heterocycles. The van der Waals surface area contributed by atoms with Crippen LogP contribution in [0.2, 0.25) is 0 Å². The quantitative estimate of drug-likeness (QED) is 0.822. The molecule has 0 aliphatic carbocycles. The first kappa shape index (κ1) is 11.5. The van der Waals surface area contributed by atoms with Gasteiger partial charge in [0.15, 0.2) is 0 Å². The van der Waals surface area contributed by atoms with Crippen LogP contribution in [-0.2, 0) is 5.41 Å². The Morgan fingerprint density at radius 2 is 1.62 bits per heavy atom. The fourth-order valence-electron chi connectivity index (χ4n) is 2.29. The molecule has 0 atom stereocenters. The maximum Gasteiger partial charge on any atom is 0.248 e. The maximum absolute atomic E-state index is 13.2. The number of hydrogen-bond donors (Lipinski definition) is 1. The summed E-state index contributed by atoms with van der Waals surface area (Å²) < 4.78 is 39.3. The first-order chi connectivity index (χ1) is 7.65. The first-order valence-corrected chi connectivity index (χ1v) is 5.40. The van der Waals surface area contributed by atoms with Crippen LogP contribution in [0.15, 0.2) is 24.3 Å².